The van der Waals surface area contributed by atoms with Gasteiger partial charge in [-0.2, -0.15) is 10.2 Å². The fourth-order valence-electron chi connectivity index (χ4n) is 4.27. The van der Waals surface area contributed by atoms with Crippen molar-refractivity contribution in [1.29, 1.82) is 0 Å². The van der Waals surface area contributed by atoms with E-state index in [0.29, 0.717) is 11.5 Å². The van der Waals surface area contributed by atoms with E-state index in [1.807, 2.05) is 67.6 Å². The Balaban J connectivity index is 1.43. The van der Waals surface area contributed by atoms with Gasteiger partial charge in [0, 0.05) is 5.56 Å². The Morgan fingerprint density at radius 1 is 0.795 bits per heavy atom. The van der Waals surface area contributed by atoms with Crippen LogP contribution in [0.15, 0.2) is 108 Å². The smallest absolute Gasteiger partial charge is 0.291 e. The van der Waals surface area contributed by atoms with Crippen LogP contribution in [-0.2, 0) is 0 Å². The number of hydrogen-bond acceptors (Lipinski definition) is 5. The lowest BCUT2D eigenvalue weighted by Crippen LogP contribution is -2.18. The Morgan fingerprint density at radius 2 is 1.51 bits per heavy atom. The van der Waals surface area contributed by atoms with Crippen molar-refractivity contribution in [2.24, 2.45) is 5.10 Å². The number of hydrazone groups is 1. The number of methoxy groups -OCH3 is 2. The Kier molecular flexibility index (Phi) is 7.50. The first kappa shape index (κ1) is 25.5. The first-order valence-corrected chi connectivity index (χ1v) is 12.4. The molecule has 5 rings (SSSR count). The largest absolute Gasteiger partial charge is 0.493 e. The molecule has 1 heterocycles. The van der Waals surface area contributed by atoms with Crippen LogP contribution in [0.2, 0.25) is 0 Å². The number of benzene rings is 4. The summed E-state index contributed by atoms with van der Waals surface area (Å²) >= 11 is 0. The monoisotopic (exact) mass is 516 g/mol. The lowest BCUT2D eigenvalue weighted by molar-refractivity contribution is 0.0949. The van der Waals surface area contributed by atoms with Gasteiger partial charge < -0.3 is 9.47 Å². The van der Waals surface area contributed by atoms with Gasteiger partial charge in [0.05, 0.1) is 31.8 Å². The van der Waals surface area contributed by atoms with Crippen molar-refractivity contribution in [3.63, 3.8) is 0 Å². The number of ether oxygens (including phenoxy) is 2. The van der Waals surface area contributed by atoms with Crippen LogP contribution >= 0.6 is 0 Å². The van der Waals surface area contributed by atoms with Crippen LogP contribution in [0.4, 0.5) is 0 Å². The molecule has 0 aliphatic heterocycles. The van der Waals surface area contributed by atoms with Crippen LogP contribution in [0.3, 0.4) is 0 Å². The fraction of sp³-hybridized carbons (Fsp3) is 0.0938. The maximum atomic E-state index is 13.0. The molecule has 0 spiro atoms. The molecule has 0 aliphatic carbocycles. The van der Waals surface area contributed by atoms with Crippen molar-refractivity contribution in [3.8, 4) is 39.6 Å². The summed E-state index contributed by atoms with van der Waals surface area (Å²) in [6, 6.07) is 33.6. The van der Waals surface area contributed by atoms with E-state index in [-0.39, 0.29) is 5.69 Å². The zero-order valence-electron chi connectivity index (χ0n) is 22.0. The van der Waals surface area contributed by atoms with Crippen LogP contribution in [0.1, 0.15) is 21.6 Å². The highest BCUT2D eigenvalue weighted by Crippen LogP contribution is 2.28. The molecule has 0 bridgehead atoms. The summed E-state index contributed by atoms with van der Waals surface area (Å²) in [4.78, 5) is 13.0. The molecule has 7 nitrogen and oxygen atoms in total. The zero-order chi connectivity index (χ0) is 27.2. The summed E-state index contributed by atoms with van der Waals surface area (Å²) in [6.07, 6.45) is 1.54. The number of nitrogens with one attached hydrogen (secondary N) is 1. The van der Waals surface area contributed by atoms with E-state index in [1.165, 1.54) is 0 Å². The zero-order valence-corrected chi connectivity index (χ0v) is 22.0. The molecular weight excluding hydrogens is 488 g/mol. The van der Waals surface area contributed by atoms with Gasteiger partial charge in [-0.3, -0.25) is 4.79 Å². The van der Waals surface area contributed by atoms with E-state index >= 15 is 0 Å². The van der Waals surface area contributed by atoms with Gasteiger partial charge in [-0.25, -0.2) is 10.1 Å². The van der Waals surface area contributed by atoms with E-state index in [2.05, 4.69) is 39.9 Å². The van der Waals surface area contributed by atoms with E-state index in [0.717, 1.165) is 39.2 Å². The van der Waals surface area contributed by atoms with Gasteiger partial charge in [-0.05, 0) is 65.6 Å². The lowest BCUT2D eigenvalue weighted by atomic mass is 10.0. The van der Waals surface area contributed by atoms with Crippen LogP contribution in [0.5, 0.6) is 11.5 Å². The number of rotatable bonds is 8. The quantitative estimate of drug-likeness (QED) is 0.194. The third kappa shape index (κ3) is 5.72. The first-order valence-electron chi connectivity index (χ1n) is 12.4. The van der Waals surface area contributed by atoms with Gasteiger partial charge in [-0.15, -0.1) is 0 Å². The topological polar surface area (TPSA) is 77.7 Å². The molecule has 194 valence electrons. The van der Waals surface area contributed by atoms with Crippen molar-refractivity contribution < 1.29 is 14.3 Å². The van der Waals surface area contributed by atoms with Crippen LogP contribution in [0.25, 0.3) is 28.1 Å². The van der Waals surface area contributed by atoms with Gasteiger partial charge >= 0.3 is 0 Å². The van der Waals surface area contributed by atoms with Crippen LogP contribution < -0.4 is 14.9 Å². The second kappa shape index (κ2) is 11.5. The van der Waals surface area contributed by atoms with Crippen molar-refractivity contribution in [3.05, 3.63) is 120 Å². The predicted octanol–water partition coefficient (Wildman–Crippen LogP) is 6.30. The maximum Gasteiger partial charge on any atom is 0.291 e. The highest BCUT2D eigenvalue weighted by Gasteiger charge is 2.17. The van der Waals surface area contributed by atoms with Gasteiger partial charge in [0.2, 0.25) is 0 Å². The van der Waals surface area contributed by atoms with Crippen LogP contribution in [0, 0.1) is 6.92 Å². The molecule has 0 aliphatic rings. The first-order chi connectivity index (χ1) is 19.1. The Labute approximate surface area is 227 Å². The molecule has 0 atom stereocenters. The molecule has 0 fully saturated rings. The summed E-state index contributed by atoms with van der Waals surface area (Å²) in [7, 11) is 3.14. The summed E-state index contributed by atoms with van der Waals surface area (Å²) in [5, 5.41) is 8.77. The van der Waals surface area contributed by atoms with Crippen molar-refractivity contribution in [2.75, 3.05) is 14.2 Å². The average Bonchev–Trinajstić information content (AvgIpc) is 3.43. The number of carbonyl (C=O) groups is 1. The van der Waals surface area contributed by atoms with E-state index in [1.54, 1.807) is 43.3 Å². The normalized spacial score (nSPS) is 10.9. The lowest BCUT2D eigenvalue weighted by Gasteiger charge is -2.09. The second-order valence-corrected chi connectivity index (χ2v) is 8.92. The standard InChI is InChI=1S/C32H28N4O3/c1-22-8-7-11-27(18-22)36-29(26-15-13-25(14-16-26)24-9-5-4-6-10-24)20-28(35-36)32(37)34-33-21-23-12-17-30(38-2)31(19-23)39-3/h4-21H,1-3H3,(H,34,37)/b33-21-. The average molecular weight is 517 g/mol. The molecule has 5 aromatic rings. The highest BCUT2D eigenvalue weighted by molar-refractivity contribution is 5.94. The second-order valence-electron chi connectivity index (χ2n) is 8.92. The van der Waals surface area contributed by atoms with Gasteiger partial charge in [0.25, 0.3) is 5.91 Å². The summed E-state index contributed by atoms with van der Waals surface area (Å²) in [6.45, 7) is 2.03. The summed E-state index contributed by atoms with van der Waals surface area (Å²) in [5.41, 5.74) is 9.54. The number of aryl methyl sites for hydroxylation is 1. The Bertz CT molecular complexity index is 1620. The number of hydrogen-bond donors (Lipinski definition) is 1. The summed E-state index contributed by atoms with van der Waals surface area (Å²) < 4.78 is 12.4. The highest BCUT2D eigenvalue weighted by atomic mass is 16.5. The number of amides is 1. The van der Waals surface area contributed by atoms with Gasteiger partial charge in [-0.1, -0.05) is 66.7 Å². The van der Waals surface area contributed by atoms with Gasteiger partial charge in [0.15, 0.2) is 17.2 Å². The molecule has 0 saturated carbocycles. The number of carbonyl (C=O) groups excluding carboxylic acids is 1. The van der Waals surface area contributed by atoms with E-state index in [4.69, 9.17) is 9.47 Å². The molecule has 4 aromatic carbocycles. The summed E-state index contributed by atoms with van der Waals surface area (Å²) in [5.74, 6) is 0.776. The minimum Gasteiger partial charge on any atom is -0.493 e. The number of nitrogens with zero attached hydrogens (tertiary/aromatic N) is 3. The molecule has 1 amide bonds. The van der Waals surface area contributed by atoms with E-state index in [9.17, 15) is 4.79 Å². The maximum absolute atomic E-state index is 13.0. The van der Waals surface area contributed by atoms with Crippen molar-refractivity contribution in [2.45, 2.75) is 6.92 Å². The van der Waals surface area contributed by atoms with Gasteiger partial charge in [0.1, 0.15) is 0 Å². The fourth-order valence-corrected chi connectivity index (χ4v) is 4.27. The SMILES string of the molecule is COc1ccc(/C=N\NC(=O)c2cc(-c3ccc(-c4ccccc4)cc3)n(-c3cccc(C)c3)n2)cc1OC. The molecule has 1 aromatic heterocycles. The Hall–Kier alpha value is -5.17. The minimum absolute atomic E-state index is 0.253. The van der Waals surface area contributed by atoms with Crippen molar-refractivity contribution in [1.82, 2.24) is 15.2 Å². The minimum atomic E-state index is -0.416. The third-order valence-electron chi connectivity index (χ3n) is 6.26. The van der Waals surface area contributed by atoms with Crippen LogP contribution in [-0.4, -0.2) is 36.1 Å². The molecule has 39 heavy (non-hydrogen) atoms. The number of aromatic nitrogens is 2. The Morgan fingerprint density at radius 3 is 2.23 bits per heavy atom. The molecule has 7 heteroatoms. The van der Waals surface area contributed by atoms with E-state index < -0.39 is 5.91 Å². The van der Waals surface area contributed by atoms with Crippen molar-refractivity contribution >= 4 is 12.1 Å². The molecule has 1 N–H and O–H groups in total. The molecule has 0 saturated heterocycles. The third-order valence-corrected chi connectivity index (χ3v) is 6.26. The predicted molar refractivity (Wildman–Crippen MR) is 154 cm³/mol. The molecule has 0 unspecified atom stereocenters. The molecular formula is C32H28N4O3. The molecule has 0 radical (unpaired) electrons.